The van der Waals surface area contributed by atoms with Crippen LogP contribution in [0.4, 0.5) is 8.78 Å². The third-order valence-corrected chi connectivity index (χ3v) is 1.87. The summed E-state index contributed by atoms with van der Waals surface area (Å²) in [6.45, 7) is 1.85. The number of hydrogen-bond donors (Lipinski definition) is 0. The van der Waals surface area contributed by atoms with Gasteiger partial charge in [0.25, 0.3) is 0 Å². The molecule has 0 radical (unpaired) electrons. The molecule has 1 heterocycles. The van der Waals surface area contributed by atoms with Crippen LogP contribution in [0.3, 0.4) is 0 Å². The highest BCUT2D eigenvalue weighted by molar-refractivity contribution is 5.81. The van der Waals surface area contributed by atoms with E-state index in [1.807, 2.05) is 0 Å². The highest BCUT2D eigenvalue weighted by Gasteiger charge is 2.45. The second-order valence-electron chi connectivity index (χ2n) is 2.91. The molecule has 3 nitrogen and oxygen atoms in total. The standard InChI is InChI=1S/C9H12F2O3/c1-2-14-8(12)9(10,11)7-4-3-5-13-6-7/h6H,2-5H2,1H3. The number of carbonyl (C=O) groups is 1. The summed E-state index contributed by atoms with van der Waals surface area (Å²) in [5.74, 6) is -5.05. The van der Waals surface area contributed by atoms with Gasteiger partial charge in [-0.1, -0.05) is 0 Å². The number of alkyl halides is 2. The van der Waals surface area contributed by atoms with Gasteiger partial charge in [-0.2, -0.15) is 8.78 Å². The van der Waals surface area contributed by atoms with E-state index in [9.17, 15) is 13.6 Å². The Labute approximate surface area is 80.7 Å². The van der Waals surface area contributed by atoms with Crippen molar-refractivity contribution in [3.8, 4) is 0 Å². The van der Waals surface area contributed by atoms with Crippen LogP contribution < -0.4 is 0 Å². The molecule has 0 unspecified atom stereocenters. The first-order valence-electron chi connectivity index (χ1n) is 4.45. The molecule has 1 aliphatic rings. The summed E-state index contributed by atoms with van der Waals surface area (Å²) >= 11 is 0. The molecule has 0 spiro atoms. The topological polar surface area (TPSA) is 35.5 Å². The van der Waals surface area contributed by atoms with Crippen molar-refractivity contribution >= 4 is 5.97 Å². The molecule has 0 saturated carbocycles. The Morgan fingerprint density at radius 3 is 2.93 bits per heavy atom. The Bertz CT molecular complexity index is 248. The predicted octanol–water partition coefficient (Wildman–Crippen LogP) is 1.88. The SMILES string of the molecule is CCOC(=O)C(F)(F)C1=COCCC1. The zero-order valence-electron chi connectivity index (χ0n) is 7.89. The molecule has 0 aromatic heterocycles. The Morgan fingerprint density at radius 1 is 1.71 bits per heavy atom. The Morgan fingerprint density at radius 2 is 2.43 bits per heavy atom. The molecule has 14 heavy (non-hydrogen) atoms. The van der Waals surface area contributed by atoms with E-state index < -0.39 is 11.9 Å². The first-order valence-corrected chi connectivity index (χ1v) is 4.45. The summed E-state index contributed by atoms with van der Waals surface area (Å²) in [6.07, 6.45) is 1.63. The van der Waals surface area contributed by atoms with Gasteiger partial charge in [0, 0.05) is 5.57 Å². The maximum Gasteiger partial charge on any atom is 0.381 e. The number of rotatable bonds is 3. The highest BCUT2D eigenvalue weighted by atomic mass is 19.3. The second kappa shape index (κ2) is 4.39. The van der Waals surface area contributed by atoms with Gasteiger partial charge in [0.05, 0.1) is 19.5 Å². The van der Waals surface area contributed by atoms with Crippen molar-refractivity contribution in [1.82, 2.24) is 0 Å². The van der Waals surface area contributed by atoms with Gasteiger partial charge in [0.1, 0.15) is 0 Å². The summed E-state index contributed by atoms with van der Waals surface area (Å²) in [6, 6.07) is 0. The van der Waals surface area contributed by atoms with Gasteiger partial charge in [-0.05, 0) is 19.8 Å². The molecule has 0 aromatic carbocycles. The van der Waals surface area contributed by atoms with Crippen LogP contribution in [0, 0.1) is 0 Å². The van der Waals surface area contributed by atoms with Crippen molar-refractivity contribution in [2.75, 3.05) is 13.2 Å². The molecule has 0 saturated heterocycles. The van der Waals surface area contributed by atoms with E-state index in [1.54, 1.807) is 0 Å². The van der Waals surface area contributed by atoms with E-state index in [4.69, 9.17) is 4.74 Å². The third-order valence-electron chi connectivity index (χ3n) is 1.87. The van der Waals surface area contributed by atoms with E-state index in [1.165, 1.54) is 6.92 Å². The Hall–Kier alpha value is -1.13. The van der Waals surface area contributed by atoms with Crippen LogP contribution in [0.15, 0.2) is 11.8 Å². The van der Waals surface area contributed by atoms with Crippen LogP contribution >= 0.6 is 0 Å². The van der Waals surface area contributed by atoms with Crippen molar-refractivity contribution in [1.29, 1.82) is 0 Å². The minimum Gasteiger partial charge on any atom is -0.501 e. The summed E-state index contributed by atoms with van der Waals surface area (Å²) < 4.78 is 35.6. The quantitative estimate of drug-likeness (QED) is 0.661. The van der Waals surface area contributed by atoms with E-state index in [0.717, 1.165) is 6.26 Å². The normalized spacial score (nSPS) is 16.9. The molecule has 80 valence electrons. The summed E-state index contributed by atoms with van der Waals surface area (Å²) in [5.41, 5.74) is -0.304. The maximum atomic E-state index is 13.3. The minimum atomic E-state index is -3.55. The molecule has 0 amide bonds. The van der Waals surface area contributed by atoms with Gasteiger partial charge in [0.15, 0.2) is 0 Å². The predicted molar refractivity (Wildman–Crippen MR) is 44.8 cm³/mol. The van der Waals surface area contributed by atoms with Crippen LogP contribution in [-0.2, 0) is 14.3 Å². The molecule has 1 rings (SSSR count). The average Bonchev–Trinajstić information content (AvgIpc) is 2.19. The van der Waals surface area contributed by atoms with Crippen molar-refractivity contribution in [3.63, 3.8) is 0 Å². The zero-order valence-corrected chi connectivity index (χ0v) is 7.89. The van der Waals surface area contributed by atoms with E-state index in [2.05, 4.69) is 4.74 Å². The van der Waals surface area contributed by atoms with Gasteiger partial charge >= 0.3 is 11.9 Å². The van der Waals surface area contributed by atoms with E-state index >= 15 is 0 Å². The van der Waals surface area contributed by atoms with Crippen molar-refractivity contribution in [3.05, 3.63) is 11.8 Å². The smallest absolute Gasteiger partial charge is 0.381 e. The largest absolute Gasteiger partial charge is 0.501 e. The second-order valence-corrected chi connectivity index (χ2v) is 2.91. The van der Waals surface area contributed by atoms with Gasteiger partial charge in [-0.25, -0.2) is 4.79 Å². The molecule has 0 aromatic rings. The fourth-order valence-electron chi connectivity index (χ4n) is 1.15. The van der Waals surface area contributed by atoms with Crippen LogP contribution in [0.2, 0.25) is 0 Å². The lowest BCUT2D eigenvalue weighted by atomic mass is 10.0. The molecule has 1 aliphatic heterocycles. The van der Waals surface area contributed by atoms with Crippen LogP contribution in [0.5, 0.6) is 0 Å². The Kier molecular flexibility index (Phi) is 3.43. The number of hydrogen-bond acceptors (Lipinski definition) is 3. The number of halogens is 2. The van der Waals surface area contributed by atoms with Crippen molar-refractivity contribution in [2.24, 2.45) is 0 Å². The first-order chi connectivity index (χ1) is 6.59. The molecule has 0 aliphatic carbocycles. The van der Waals surface area contributed by atoms with Crippen LogP contribution in [-0.4, -0.2) is 25.1 Å². The van der Waals surface area contributed by atoms with Gasteiger partial charge in [-0.3, -0.25) is 0 Å². The van der Waals surface area contributed by atoms with Crippen molar-refractivity contribution in [2.45, 2.75) is 25.7 Å². The van der Waals surface area contributed by atoms with E-state index in [-0.39, 0.29) is 18.6 Å². The minimum absolute atomic E-state index is 0.0530. The van der Waals surface area contributed by atoms with E-state index in [0.29, 0.717) is 13.0 Å². The Balaban J connectivity index is 2.72. The maximum absolute atomic E-state index is 13.3. The molecular formula is C9H12F2O3. The monoisotopic (exact) mass is 206 g/mol. The molecule has 0 atom stereocenters. The fourth-order valence-corrected chi connectivity index (χ4v) is 1.15. The first kappa shape index (κ1) is 10.9. The lowest BCUT2D eigenvalue weighted by molar-refractivity contribution is -0.166. The summed E-state index contributed by atoms with van der Waals surface area (Å²) in [5, 5.41) is 0. The lowest BCUT2D eigenvalue weighted by Gasteiger charge is -2.20. The van der Waals surface area contributed by atoms with Gasteiger partial charge < -0.3 is 9.47 Å². The summed E-state index contributed by atoms with van der Waals surface area (Å²) in [7, 11) is 0. The van der Waals surface area contributed by atoms with Crippen LogP contribution in [0.1, 0.15) is 19.8 Å². The molecule has 0 bridgehead atoms. The van der Waals surface area contributed by atoms with Crippen LogP contribution in [0.25, 0.3) is 0 Å². The zero-order chi connectivity index (χ0) is 10.6. The summed E-state index contributed by atoms with van der Waals surface area (Å²) in [4.78, 5) is 10.9. The van der Waals surface area contributed by atoms with Gasteiger partial charge in [-0.15, -0.1) is 0 Å². The average molecular weight is 206 g/mol. The number of carbonyl (C=O) groups excluding carboxylic acids is 1. The number of esters is 1. The molecule has 0 fully saturated rings. The molecular weight excluding hydrogens is 194 g/mol. The molecule has 0 N–H and O–H groups in total. The lowest BCUT2D eigenvalue weighted by Crippen LogP contribution is -2.34. The fraction of sp³-hybridized carbons (Fsp3) is 0.667. The van der Waals surface area contributed by atoms with Gasteiger partial charge in [0.2, 0.25) is 0 Å². The third kappa shape index (κ3) is 2.21. The highest BCUT2D eigenvalue weighted by Crippen LogP contribution is 2.31. The molecule has 5 heteroatoms. The number of ether oxygens (including phenoxy) is 2. The van der Waals surface area contributed by atoms with Crippen molar-refractivity contribution < 1.29 is 23.0 Å².